The Bertz CT molecular complexity index is 228. The zero-order valence-electron chi connectivity index (χ0n) is 8.28. The van der Waals surface area contributed by atoms with Crippen molar-refractivity contribution < 1.29 is 44.5 Å². The summed E-state index contributed by atoms with van der Waals surface area (Å²) in [5, 5.41) is 35.1. The van der Waals surface area contributed by atoms with Crippen molar-refractivity contribution in [3.05, 3.63) is 0 Å². The van der Waals surface area contributed by atoms with Gasteiger partial charge in [-0.15, -0.1) is 0 Å². The summed E-state index contributed by atoms with van der Waals surface area (Å²) >= 11 is 0. The second kappa shape index (κ2) is 7.82. The number of aliphatic hydroxyl groups is 4. The summed E-state index contributed by atoms with van der Waals surface area (Å²) in [5.41, 5.74) is 0. The summed E-state index contributed by atoms with van der Waals surface area (Å²) < 4.78 is 8.88. The molecule has 98 valence electrons. The van der Waals surface area contributed by atoms with E-state index in [0.29, 0.717) is 0 Å². The van der Waals surface area contributed by atoms with Gasteiger partial charge in [0.15, 0.2) is 6.29 Å². The molecule has 0 aliphatic carbocycles. The number of phosphoric acid groups is 1. The lowest BCUT2D eigenvalue weighted by atomic mass is 10.1. The van der Waals surface area contributed by atoms with E-state index in [9.17, 15) is 4.79 Å². The number of aldehydes is 1. The molecule has 0 heterocycles. The van der Waals surface area contributed by atoms with E-state index >= 15 is 0 Å². The van der Waals surface area contributed by atoms with Crippen LogP contribution in [0.4, 0.5) is 0 Å². The van der Waals surface area contributed by atoms with Crippen LogP contribution in [0.3, 0.4) is 0 Å². The van der Waals surface area contributed by atoms with Gasteiger partial charge in [0.25, 0.3) is 0 Å². The maximum absolute atomic E-state index is 9.87. The topological polar surface area (TPSA) is 176 Å². The van der Waals surface area contributed by atoms with Crippen LogP contribution in [0.1, 0.15) is 6.92 Å². The van der Waals surface area contributed by atoms with Crippen LogP contribution in [0.25, 0.3) is 0 Å². The first-order valence-corrected chi connectivity index (χ1v) is 5.53. The van der Waals surface area contributed by atoms with Gasteiger partial charge in [0.1, 0.15) is 18.3 Å². The zero-order valence-corrected chi connectivity index (χ0v) is 9.18. The smallest absolute Gasteiger partial charge is 0.391 e. The molecule has 0 aromatic rings. The minimum Gasteiger partial charge on any atom is -0.391 e. The molecule has 0 aliphatic rings. The molecule has 0 amide bonds. The van der Waals surface area contributed by atoms with E-state index in [-0.39, 0.29) is 6.29 Å². The molecule has 4 atom stereocenters. The average molecular weight is 262 g/mol. The summed E-state index contributed by atoms with van der Waals surface area (Å²) in [7, 11) is -4.64. The molecule has 0 rings (SSSR count). The molecule has 9 nitrogen and oxygen atoms in total. The van der Waals surface area contributed by atoms with Gasteiger partial charge in [-0.05, 0) is 6.92 Å². The van der Waals surface area contributed by atoms with E-state index in [4.69, 9.17) is 39.7 Å². The maximum Gasteiger partial charge on any atom is 0.466 e. The van der Waals surface area contributed by atoms with E-state index < -0.39 is 32.2 Å². The Balaban J connectivity index is 0. The lowest BCUT2D eigenvalue weighted by molar-refractivity contribution is -0.132. The van der Waals surface area contributed by atoms with E-state index in [1.165, 1.54) is 6.92 Å². The standard InChI is InChI=1S/C6H12O5.H3O4P/c1-3(8)5(10)6(11)4(9)2-7;1-5(2,3)4/h2-6,8-11H,1H3;(H3,1,2,3,4)/t3-,4+,5+,6-;/m1./s1. The van der Waals surface area contributed by atoms with Gasteiger partial charge in [0.05, 0.1) is 6.10 Å². The summed E-state index contributed by atoms with van der Waals surface area (Å²) in [4.78, 5) is 31.4. The van der Waals surface area contributed by atoms with E-state index in [1.807, 2.05) is 0 Å². The van der Waals surface area contributed by atoms with Gasteiger partial charge >= 0.3 is 7.82 Å². The third-order valence-electron chi connectivity index (χ3n) is 1.33. The molecule has 16 heavy (non-hydrogen) atoms. The molecule has 0 fully saturated rings. The molecule has 0 radical (unpaired) electrons. The average Bonchev–Trinajstić information content (AvgIpc) is 2.11. The highest BCUT2D eigenvalue weighted by molar-refractivity contribution is 7.45. The number of carbonyl (C=O) groups excluding carboxylic acids is 1. The number of rotatable bonds is 4. The third kappa shape index (κ3) is 11.7. The molecule has 0 saturated heterocycles. The second-order valence-electron chi connectivity index (χ2n) is 2.86. The fourth-order valence-corrected chi connectivity index (χ4v) is 0.568. The highest BCUT2D eigenvalue weighted by atomic mass is 31.2. The van der Waals surface area contributed by atoms with Gasteiger partial charge in [-0.2, -0.15) is 0 Å². The van der Waals surface area contributed by atoms with Crippen LogP contribution in [-0.4, -0.2) is 65.8 Å². The Kier molecular flexibility index (Phi) is 8.80. The maximum atomic E-state index is 9.87. The molecule has 10 heteroatoms. The predicted octanol–water partition coefficient (Wildman–Crippen LogP) is -3.28. The Morgan fingerprint density at radius 1 is 1.00 bits per heavy atom. The number of carbonyl (C=O) groups is 1. The third-order valence-corrected chi connectivity index (χ3v) is 1.33. The molecule has 0 saturated carbocycles. The fraction of sp³-hybridized carbons (Fsp3) is 0.833. The van der Waals surface area contributed by atoms with Gasteiger partial charge in [-0.25, -0.2) is 4.57 Å². The van der Waals surface area contributed by atoms with Crippen LogP contribution in [0.2, 0.25) is 0 Å². The largest absolute Gasteiger partial charge is 0.466 e. The van der Waals surface area contributed by atoms with Crippen molar-refractivity contribution >= 4 is 14.1 Å². The van der Waals surface area contributed by atoms with E-state index in [2.05, 4.69) is 0 Å². The first kappa shape index (κ1) is 18.0. The monoisotopic (exact) mass is 262 g/mol. The van der Waals surface area contributed by atoms with Crippen molar-refractivity contribution in [2.45, 2.75) is 31.3 Å². The van der Waals surface area contributed by atoms with Gasteiger partial charge in [-0.3, -0.25) is 0 Å². The predicted molar refractivity (Wildman–Crippen MR) is 50.0 cm³/mol. The Hall–Kier alpha value is -0.380. The van der Waals surface area contributed by atoms with Crippen molar-refractivity contribution in [2.75, 3.05) is 0 Å². The lowest BCUT2D eigenvalue weighted by Gasteiger charge is -2.21. The highest BCUT2D eigenvalue weighted by Crippen LogP contribution is 2.25. The van der Waals surface area contributed by atoms with Crippen molar-refractivity contribution in [3.8, 4) is 0 Å². The number of hydrogen-bond acceptors (Lipinski definition) is 6. The minimum atomic E-state index is -4.64. The molecule has 0 aromatic carbocycles. The lowest BCUT2D eigenvalue weighted by Crippen LogP contribution is -2.43. The minimum absolute atomic E-state index is 0.0935. The van der Waals surface area contributed by atoms with Crippen LogP contribution in [-0.2, 0) is 9.36 Å². The number of hydrogen-bond donors (Lipinski definition) is 7. The van der Waals surface area contributed by atoms with Crippen molar-refractivity contribution in [2.24, 2.45) is 0 Å². The van der Waals surface area contributed by atoms with Crippen molar-refractivity contribution in [1.82, 2.24) is 0 Å². The van der Waals surface area contributed by atoms with E-state index in [1.54, 1.807) is 0 Å². The highest BCUT2D eigenvalue weighted by Gasteiger charge is 2.27. The van der Waals surface area contributed by atoms with Crippen molar-refractivity contribution in [1.29, 1.82) is 0 Å². The summed E-state index contributed by atoms with van der Waals surface area (Å²) in [6, 6.07) is 0. The Morgan fingerprint density at radius 2 is 1.31 bits per heavy atom. The number of aliphatic hydroxyl groups excluding tert-OH is 4. The van der Waals surface area contributed by atoms with Crippen LogP contribution >= 0.6 is 7.82 Å². The van der Waals surface area contributed by atoms with Gasteiger partial charge in [0, 0.05) is 0 Å². The van der Waals surface area contributed by atoms with Crippen LogP contribution in [0.5, 0.6) is 0 Å². The van der Waals surface area contributed by atoms with E-state index in [0.717, 1.165) is 0 Å². The SMILES string of the molecule is C[C@@H](O)[C@H](O)[C@H](O)[C@@H](O)C=O.O=P(O)(O)O. The Labute approximate surface area is 90.8 Å². The zero-order chi connectivity index (χ0) is 13.5. The summed E-state index contributed by atoms with van der Waals surface area (Å²) in [6.07, 6.45) is -5.88. The normalized spacial score (nSPS) is 18.8. The Morgan fingerprint density at radius 3 is 1.50 bits per heavy atom. The van der Waals surface area contributed by atoms with Crippen molar-refractivity contribution in [3.63, 3.8) is 0 Å². The van der Waals surface area contributed by atoms with Crippen LogP contribution < -0.4 is 0 Å². The molecule has 0 aliphatic heterocycles. The van der Waals surface area contributed by atoms with Crippen LogP contribution in [0.15, 0.2) is 0 Å². The molecule has 0 bridgehead atoms. The molecule has 0 unspecified atom stereocenters. The molecule has 0 aromatic heterocycles. The molecule has 7 N–H and O–H groups in total. The first-order valence-electron chi connectivity index (χ1n) is 3.96. The second-order valence-corrected chi connectivity index (χ2v) is 3.89. The quantitative estimate of drug-likeness (QED) is 0.202. The fourth-order valence-electron chi connectivity index (χ4n) is 0.568. The van der Waals surface area contributed by atoms with Gasteiger partial charge in [-0.1, -0.05) is 0 Å². The molecular weight excluding hydrogens is 247 g/mol. The molecule has 0 spiro atoms. The molecular formula is C6H15O9P. The summed E-state index contributed by atoms with van der Waals surface area (Å²) in [5.74, 6) is 0. The van der Waals surface area contributed by atoms with Gasteiger partial charge in [0.2, 0.25) is 0 Å². The first-order chi connectivity index (χ1) is 7.00. The summed E-state index contributed by atoms with van der Waals surface area (Å²) in [6.45, 7) is 1.24. The van der Waals surface area contributed by atoms with Gasteiger partial charge < -0.3 is 39.9 Å². The van der Waals surface area contributed by atoms with Crippen LogP contribution in [0, 0.1) is 0 Å².